The van der Waals surface area contributed by atoms with E-state index in [1.165, 1.54) is 12.1 Å². The minimum Gasteiger partial charge on any atom is -0.505 e. The molecular formula is C16H16Cl2N2O3S. The summed E-state index contributed by atoms with van der Waals surface area (Å²) in [5, 5.41) is 10.0. The fraction of sp³-hybridized carbons (Fsp3) is 0.250. The molecule has 128 valence electrons. The molecule has 0 amide bonds. The second-order valence-corrected chi connectivity index (χ2v) is 8.05. The number of anilines is 2. The number of halogens is 2. The predicted octanol–water partition coefficient (Wildman–Crippen LogP) is 4.10. The van der Waals surface area contributed by atoms with Crippen LogP contribution in [0.3, 0.4) is 0 Å². The van der Waals surface area contributed by atoms with E-state index in [9.17, 15) is 13.5 Å². The van der Waals surface area contributed by atoms with Gasteiger partial charge in [-0.15, -0.1) is 0 Å². The SMILES string of the molecule is O=S(=O)(Nc1ccccc1N1CCCC1)c1cc(Cl)cc(Cl)c1O. The summed E-state index contributed by atoms with van der Waals surface area (Å²) in [6.07, 6.45) is 2.15. The summed E-state index contributed by atoms with van der Waals surface area (Å²) < 4.78 is 27.9. The van der Waals surface area contributed by atoms with Gasteiger partial charge in [0.15, 0.2) is 5.75 Å². The molecule has 0 atom stereocenters. The molecule has 5 nitrogen and oxygen atoms in total. The van der Waals surface area contributed by atoms with Gasteiger partial charge < -0.3 is 10.0 Å². The number of sulfonamides is 1. The van der Waals surface area contributed by atoms with Crippen molar-refractivity contribution in [3.63, 3.8) is 0 Å². The first-order valence-electron chi connectivity index (χ1n) is 7.43. The molecule has 0 unspecified atom stereocenters. The van der Waals surface area contributed by atoms with Gasteiger partial charge in [-0.25, -0.2) is 8.42 Å². The lowest BCUT2D eigenvalue weighted by atomic mass is 10.2. The van der Waals surface area contributed by atoms with E-state index < -0.39 is 15.8 Å². The Balaban J connectivity index is 1.99. The van der Waals surface area contributed by atoms with Crippen LogP contribution < -0.4 is 9.62 Å². The van der Waals surface area contributed by atoms with E-state index in [2.05, 4.69) is 9.62 Å². The molecule has 1 aliphatic heterocycles. The van der Waals surface area contributed by atoms with Crippen molar-refractivity contribution in [2.24, 2.45) is 0 Å². The zero-order valence-corrected chi connectivity index (χ0v) is 15.0. The maximum Gasteiger partial charge on any atom is 0.265 e. The van der Waals surface area contributed by atoms with Gasteiger partial charge in [0.1, 0.15) is 4.90 Å². The second kappa shape index (κ2) is 6.70. The quantitative estimate of drug-likeness (QED) is 0.829. The molecule has 1 fully saturated rings. The number of para-hydroxylation sites is 2. The summed E-state index contributed by atoms with van der Waals surface area (Å²) in [6, 6.07) is 9.63. The summed E-state index contributed by atoms with van der Waals surface area (Å²) in [5.41, 5.74) is 1.26. The van der Waals surface area contributed by atoms with E-state index >= 15 is 0 Å². The van der Waals surface area contributed by atoms with Crippen LogP contribution in [-0.2, 0) is 10.0 Å². The number of phenolic OH excluding ortho intramolecular Hbond substituents is 1. The Kier molecular flexibility index (Phi) is 4.80. The van der Waals surface area contributed by atoms with Gasteiger partial charge in [-0.05, 0) is 37.1 Å². The van der Waals surface area contributed by atoms with Crippen molar-refractivity contribution in [3.8, 4) is 5.75 Å². The van der Waals surface area contributed by atoms with Gasteiger partial charge >= 0.3 is 0 Å². The van der Waals surface area contributed by atoms with E-state index in [1.54, 1.807) is 12.1 Å². The number of aromatic hydroxyl groups is 1. The summed E-state index contributed by atoms with van der Waals surface area (Å²) in [4.78, 5) is 1.78. The monoisotopic (exact) mass is 386 g/mol. The molecule has 1 saturated heterocycles. The van der Waals surface area contributed by atoms with Crippen LogP contribution in [0.5, 0.6) is 5.75 Å². The molecule has 0 bridgehead atoms. The lowest BCUT2D eigenvalue weighted by molar-refractivity contribution is 0.459. The molecule has 8 heteroatoms. The molecule has 0 saturated carbocycles. The summed E-state index contributed by atoms with van der Waals surface area (Å²) in [5.74, 6) is -0.521. The summed E-state index contributed by atoms with van der Waals surface area (Å²) in [6.45, 7) is 1.76. The van der Waals surface area contributed by atoms with Crippen LogP contribution >= 0.6 is 23.2 Å². The van der Waals surface area contributed by atoms with Crippen LogP contribution in [0.2, 0.25) is 10.0 Å². The summed E-state index contributed by atoms with van der Waals surface area (Å²) >= 11 is 11.7. The Bertz CT molecular complexity index is 866. The second-order valence-electron chi connectivity index (χ2n) is 5.55. The fourth-order valence-corrected chi connectivity index (χ4v) is 4.57. The highest BCUT2D eigenvalue weighted by Crippen LogP contribution is 2.36. The van der Waals surface area contributed by atoms with Crippen LogP contribution in [-0.4, -0.2) is 26.6 Å². The van der Waals surface area contributed by atoms with Crippen LogP contribution in [0.25, 0.3) is 0 Å². The maximum absolute atomic E-state index is 12.7. The van der Waals surface area contributed by atoms with Gasteiger partial charge in [-0.3, -0.25) is 4.72 Å². The zero-order chi connectivity index (χ0) is 17.3. The molecule has 1 aliphatic rings. The van der Waals surface area contributed by atoms with Crippen molar-refractivity contribution in [2.45, 2.75) is 17.7 Å². The van der Waals surface area contributed by atoms with Crippen molar-refractivity contribution < 1.29 is 13.5 Å². The lowest BCUT2D eigenvalue weighted by Gasteiger charge is -2.22. The first kappa shape index (κ1) is 17.2. The Morgan fingerprint density at radius 1 is 1.08 bits per heavy atom. The van der Waals surface area contributed by atoms with E-state index in [0.717, 1.165) is 31.6 Å². The first-order valence-corrected chi connectivity index (χ1v) is 9.67. The lowest BCUT2D eigenvalue weighted by Crippen LogP contribution is -2.21. The Hall–Kier alpha value is -1.63. The number of hydrogen-bond acceptors (Lipinski definition) is 4. The van der Waals surface area contributed by atoms with Crippen LogP contribution in [0.4, 0.5) is 11.4 Å². The molecule has 2 aromatic rings. The molecule has 0 aromatic heterocycles. The van der Waals surface area contributed by atoms with Gasteiger partial charge in [0.05, 0.1) is 16.4 Å². The highest BCUT2D eigenvalue weighted by atomic mass is 35.5. The molecule has 3 rings (SSSR count). The normalized spacial score (nSPS) is 14.8. The molecule has 24 heavy (non-hydrogen) atoms. The van der Waals surface area contributed by atoms with Crippen molar-refractivity contribution in [1.29, 1.82) is 0 Å². The molecule has 2 aromatic carbocycles. The van der Waals surface area contributed by atoms with Crippen molar-refractivity contribution in [3.05, 3.63) is 46.4 Å². The Morgan fingerprint density at radius 2 is 1.75 bits per heavy atom. The third kappa shape index (κ3) is 3.41. The Morgan fingerprint density at radius 3 is 2.46 bits per heavy atom. The number of rotatable bonds is 4. The highest BCUT2D eigenvalue weighted by molar-refractivity contribution is 7.92. The number of phenols is 1. The van der Waals surface area contributed by atoms with Crippen LogP contribution in [0.1, 0.15) is 12.8 Å². The van der Waals surface area contributed by atoms with Crippen molar-refractivity contribution in [1.82, 2.24) is 0 Å². The summed E-state index contributed by atoms with van der Waals surface area (Å²) in [7, 11) is -4.04. The third-order valence-electron chi connectivity index (χ3n) is 3.88. The average molecular weight is 387 g/mol. The number of benzene rings is 2. The minimum atomic E-state index is -4.04. The Labute approximate surface area is 150 Å². The van der Waals surface area contributed by atoms with Crippen molar-refractivity contribution >= 4 is 44.6 Å². The number of nitrogens with zero attached hydrogens (tertiary/aromatic N) is 1. The van der Waals surface area contributed by atoms with Gasteiger partial charge in [0.25, 0.3) is 10.0 Å². The van der Waals surface area contributed by atoms with E-state index in [-0.39, 0.29) is 14.9 Å². The standard InChI is InChI=1S/C16H16Cl2N2O3S/c17-11-9-12(18)16(21)15(10-11)24(22,23)19-13-5-1-2-6-14(13)20-7-3-4-8-20/h1-2,5-6,9-10,19,21H,3-4,7-8H2. The van der Waals surface area contributed by atoms with Crippen LogP contribution in [0.15, 0.2) is 41.3 Å². The number of nitrogens with one attached hydrogen (secondary N) is 1. The highest BCUT2D eigenvalue weighted by Gasteiger charge is 2.24. The van der Waals surface area contributed by atoms with E-state index in [4.69, 9.17) is 23.2 Å². The fourth-order valence-electron chi connectivity index (χ4n) is 2.74. The van der Waals surface area contributed by atoms with Gasteiger partial charge in [0, 0.05) is 18.1 Å². The largest absolute Gasteiger partial charge is 0.505 e. The topological polar surface area (TPSA) is 69.6 Å². The molecule has 0 radical (unpaired) electrons. The number of hydrogen-bond donors (Lipinski definition) is 2. The third-order valence-corrected chi connectivity index (χ3v) is 5.76. The van der Waals surface area contributed by atoms with Crippen molar-refractivity contribution in [2.75, 3.05) is 22.7 Å². The van der Waals surface area contributed by atoms with Gasteiger partial charge in [-0.1, -0.05) is 35.3 Å². The predicted molar refractivity (Wildman–Crippen MR) is 96.8 cm³/mol. The van der Waals surface area contributed by atoms with Gasteiger partial charge in [0.2, 0.25) is 0 Å². The zero-order valence-electron chi connectivity index (χ0n) is 12.7. The average Bonchev–Trinajstić information content (AvgIpc) is 3.05. The molecular weight excluding hydrogens is 371 g/mol. The molecule has 2 N–H and O–H groups in total. The van der Waals surface area contributed by atoms with E-state index in [1.807, 2.05) is 12.1 Å². The molecule has 1 heterocycles. The first-order chi connectivity index (χ1) is 11.4. The molecule has 0 spiro atoms. The maximum atomic E-state index is 12.7. The molecule has 0 aliphatic carbocycles. The smallest absolute Gasteiger partial charge is 0.265 e. The minimum absolute atomic E-state index is 0.115. The van der Waals surface area contributed by atoms with E-state index in [0.29, 0.717) is 5.69 Å². The van der Waals surface area contributed by atoms with Crippen LogP contribution in [0, 0.1) is 0 Å². The van der Waals surface area contributed by atoms with Gasteiger partial charge in [-0.2, -0.15) is 0 Å².